The maximum atomic E-state index is 11.7. The van der Waals surface area contributed by atoms with E-state index in [0.717, 1.165) is 35.3 Å². The summed E-state index contributed by atoms with van der Waals surface area (Å²) in [4.78, 5) is 20.4. The van der Waals surface area contributed by atoms with Gasteiger partial charge in [0.2, 0.25) is 0 Å². The van der Waals surface area contributed by atoms with E-state index in [1.165, 1.54) is 32.1 Å². The van der Waals surface area contributed by atoms with Crippen molar-refractivity contribution in [3.05, 3.63) is 17.5 Å². The van der Waals surface area contributed by atoms with Crippen LogP contribution in [0.3, 0.4) is 0 Å². The number of anilines is 1. The Morgan fingerprint density at radius 2 is 2.00 bits per heavy atom. The summed E-state index contributed by atoms with van der Waals surface area (Å²) < 4.78 is 0. The molecule has 2 saturated carbocycles. The number of carbonyl (C=O) groups excluding carboxylic acids is 1. The van der Waals surface area contributed by atoms with Crippen LogP contribution in [-0.2, 0) is 6.42 Å². The molecule has 3 N–H and O–H groups in total. The summed E-state index contributed by atoms with van der Waals surface area (Å²) in [6, 6.07) is 0.427. The highest BCUT2D eigenvalue weighted by Crippen LogP contribution is 2.44. The highest BCUT2D eigenvalue weighted by Gasteiger charge is 2.35. The van der Waals surface area contributed by atoms with Gasteiger partial charge in [0.05, 0.1) is 16.9 Å². The van der Waals surface area contributed by atoms with E-state index < -0.39 is 5.91 Å². The number of hydrogen-bond donors (Lipinski definition) is 2. The second-order valence-corrected chi connectivity index (χ2v) is 6.58. The number of amides is 1. The van der Waals surface area contributed by atoms with Gasteiger partial charge in [-0.25, -0.2) is 0 Å². The summed E-state index contributed by atoms with van der Waals surface area (Å²) in [5, 5.41) is 3.58. The number of carbonyl (C=O) groups is 1. The van der Waals surface area contributed by atoms with Crippen LogP contribution in [-0.4, -0.2) is 23.1 Å². The van der Waals surface area contributed by atoms with Crippen molar-refractivity contribution < 1.29 is 4.79 Å². The fourth-order valence-corrected chi connectivity index (χ4v) is 4.21. The fraction of sp³-hybridized carbons (Fsp3) is 0.562. The molecule has 0 aromatic carbocycles. The highest BCUT2D eigenvalue weighted by molar-refractivity contribution is 6.02. The number of aliphatic imine (C=N–C) groups is 1. The zero-order valence-electron chi connectivity index (χ0n) is 12.0. The molecular formula is C16H20N4O. The van der Waals surface area contributed by atoms with Gasteiger partial charge >= 0.3 is 0 Å². The number of fused-ring (bicyclic) bond motifs is 3. The Balaban J connectivity index is 1.66. The van der Waals surface area contributed by atoms with E-state index >= 15 is 0 Å². The Morgan fingerprint density at radius 3 is 2.71 bits per heavy atom. The summed E-state index contributed by atoms with van der Waals surface area (Å²) in [5.41, 5.74) is 8.51. The standard InChI is InChI=1S/C16H20N4O/c17-16(21)12-8-19-13-3-4-18-15(13)14(12)20-11-6-9-1-2-10(5-9)7-11/h4,8-11H,1-3,5-7H2,(H2,17,21)(H,19,20)/t9-,10+,11?. The van der Waals surface area contributed by atoms with Crippen molar-refractivity contribution in [3.63, 3.8) is 0 Å². The number of pyridine rings is 1. The van der Waals surface area contributed by atoms with Gasteiger partial charge in [-0.1, -0.05) is 12.8 Å². The number of nitrogens with one attached hydrogen (secondary N) is 1. The van der Waals surface area contributed by atoms with Crippen LogP contribution in [0.5, 0.6) is 0 Å². The number of nitrogens with zero attached hydrogens (tertiary/aromatic N) is 2. The van der Waals surface area contributed by atoms with Crippen molar-refractivity contribution in [3.8, 4) is 0 Å². The molecule has 5 heteroatoms. The van der Waals surface area contributed by atoms with Crippen LogP contribution in [0.15, 0.2) is 11.2 Å². The maximum Gasteiger partial charge on any atom is 0.252 e. The van der Waals surface area contributed by atoms with Gasteiger partial charge in [0.25, 0.3) is 5.91 Å². The smallest absolute Gasteiger partial charge is 0.252 e. The van der Waals surface area contributed by atoms with Crippen molar-refractivity contribution in [2.45, 2.75) is 44.6 Å². The first-order chi connectivity index (χ1) is 10.2. The summed E-state index contributed by atoms with van der Waals surface area (Å²) in [7, 11) is 0. The van der Waals surface area contributed by atoms with Gasteiger partial charge in [0.15, 0.2) is 0 Å². The number of primary amides is 1. The van der Waals surface area contributed by atoms with Crippen LogP contribution >= 0.6 is 0 Å². The van der Waals surface area contributed by atoms with Crippen molar-refractivity contribution in [1.82, 2.24) is 4.98 Å². The van der Waals surface area contributed by atoms with Crippen molar-refractivity contribution in [2.24, 2.45) is 22.6 Å². The first kappa shape index (κ1) is 12.8. The highest BCUT2D eigenvalue weighted by atomic mass is 16.1. The molecule has 0 spiro atoms. The molecule has 0 saturated heterocycles. The normalized spacial score (nSPS) is 29.4. The summed E-state index contributed by atoms with van der Waals surface area (Å²) in [5.74, 6) is 1.25. The second-order valence-electron chi connectivity index (χ2n) is 6.58. The number of aromatic nitrogens is 1. The molecule has 1 unspecified atom stereocenters. The van der Waals surface area contributed by atoms with Crippen LogP contribution in [0.2, 0.25) is 0 Å². The third-order valence-electron chi connectivity index (χ3n) is 5.13. The molecule has 1 aromatic heterocycles. The average molecular weight is 284 g/mol. The lowest BCUT2D eigenvalue weighted by Crippen LogP contribution is -2.29. The Morgan fingerprint density at radius 1 is 1.24 bits per heavy atom. The van der Waals surface area contributed by atoms with E-state index in [1.54, 1.807) is 6.20 Å². The van der Waals surface area contributed by atoms with Crippen LogP contribution in [0.1, 0.15) is 48.2 Å². The molecule has 5 nitrogen and oxygen atoms in total. The Kier molecular flexibility index (Phi) is 2.94. The van der Waals surface area contributed by atoms with Crippen molar-refractivity contribution in [2.75, 3.05) is 5.32 Å². The van der Waals surface area contributed by atoms with E-state index in [9.17, 15) is 4.79 Å². The van der Waals surface area contributed by atoms with E-state index in [4.69, 9.17) is 5.73 Å². The van der Waals surface area contributed by atoms with E-state index in [1.807, 2.05) is 6.21 Å². The summed E-state index contributed by atoms with van der Waals surface area (Å²) in [6.07, 6.45) is 10.7. The molecule has 2 heterocycles. The van der Waals surface area contributed by atoms with Gasteiger partial charge in [0.1, 0.15) is 5.69 Å². The van der Waals surface area contributed by atoms with E-state index in [0.29, 0.717) is 11.6 Å². The minimum absolute atomic E-state index is 0.427. The molecule has 110 valence electrons. The first-order valence-corrected chi connectivity index (χ1v) is 7.81. The average Bonchev–Trinajstić information content (AvgIpc) is 3.05. The Bertz CT molecular complexity index is 613. The van der Waals surface area contributed by atoms with E-state index in [-0.39, 0.29) is 0 Å². The SMILES string of the molecule is NC(=O)c1cnc2c(c1NC1C[C@H]3CC[C@@H](C1)C3)N=CC2. The molecule has 1 aliphatic heterocycles. The number of rotatable bonds is 3. The molecule has 2 aliphatic carbocycles. The predicted octanol–water partition coefficient (Wildman–Crippen LogP) is 2.43. The minimum atomic E-state index is -0.436. The van der Waals surface area contributed by atoms with E-state index in [2.05, 4.69) is 15.3 Å². The molecule has 2 fully saturated rings. The van der Waals surface area contributed by atoms with Crippen molar-refractivity contribution >= 4 is 23.5 Å². The topological polar surface area (TPSA) is 80.4 Å². The second kappa shape index (κ2) is 4.83. The zero-order chi connectivity index (χ0) is 14.4. The Hall–Kier alpha value is -1.91. The molecule has 1 aromatic rings. The van der Waals surface area contributed by atoms with Gasteiger partial charge in [-0.2, -0.15) is 0 Å². The quantitative estimate of drug-likeness (QED) is 0.894. The molecule has 21 heavy (non-hydrogen) atoms. The van der Waals surface area contributed by atoms with Gasteiger partial charge in [0, 0.05) is 24.9 Å². The number of hydrogen-bond acceptors (Lipinski definition) is 4. The van der Waals surface area contributed by atoms with Crippen LogP contribution in [0.4, 0.5) is 11.4 Å². The van der Waals surface area contributed by atoms with Crippen LogP contribution in [0.25, 0.3) is 0 Å². The fourth-order valence-electron chi connectivity index (χ4n) is 4.21. The van der Waals surface area contributed by atoms with Crippen LogP contribution in [0, 0.1) is 11.8 Å². The predicted molar refractivity (Wildman–Crippen MR) is 82.1 cm³/mol. The number of nitrogens with two attached hydrogens (primary N) is 1. The first-order valence-electron chi connectivity index (χ1n) is 7.81. The largest absolute Gasteiger partial charge is 0.380 e. The van der Waals surface area contributed by atoms with Gasteiger partial charge in [-0.15, -0.1) is 0 Å². The minimum Gasteiger partial charge on any atom is -0.380 e. The molecule has 4 rings (SSSR count). The van der Waals surface area contributed by atoms with Gasteiger partial charge in [-0.05, 0) is 31.1 Å². The lowest BCUT2D eigenvalue weighted by atomic mass is 9.85. The summed E-state index contributed by atoms with van der Waals surface area (Å²) >= 11 is 0. The molecule has 3 atom stereocenters. The van der Waals surface area contributed by atoms with Crippen molar-refractivity contribution in [1.29, 1.82) is 0 Å². The molecule has 3 aliphatic rings. The maximum absolute atomic E-state index is 11.7. The van der Waals surface area contributed by atoms with Crippen LogP contribution < -0.4 is 11.1 Å². The molecule has 2 bridgehead atoms. The summed E-state index contributed by atoms with van der Waals surface area (Å²) in [6.45, 7) is 0. The lowest BCUT2D eigenvalue weighted by molar-refractivity contribution is 0.100. The van der Waals surface area contributed by atoms with Gasteiger partial charge in [-0.3, -0.25) is 14.8 Å². The molecule has 0 radical (unpaired) electrons. The monoisotopic (exact) mass is 284 g/mol. The lowest BCUT2D eigenvalue weighted by Gasteiger charge is -2.30. The zero-order valence-corrected chi connectivity index (χ0v) is 12.0. The molecular weight excluding hydrogens is 264 g/mol. The third-order valence-corrected chi connectivity index (χ3v) is 5.13. The molecule has 1 amide bonds. The third kappa shape index (κ3) is 2.20. The Labute approximate surface area is 124 Å². The van der Waals surface area contributed by atoms with Gasteiger partial charge < -0.3 is 11.1 Å².